The molecule has 0 heterocycles. The van der Waals surface area contributed by atoms with Crippen LogP contribution in [0.1, 0.15) is 17.5 Å². The van der Waals surface area contributed by atoms with Crippen molar-refractivity contribution in [2.24, 2.45) is 5.73 Å². The number of rotatable bonds is 5. The van der Waals surface area contributed by atoms with Crippen molar-refractivity contribution in [3.63, 3.8) is 0 Å². The Morgan fingerprint density at radius 3 is 2.55 bits per heavy atom. The van der Waals surface area contributed by atoms with Crippen LogP contribution in [-0.4, -0.2) is 6.61 Å². The highest BCUT2D eigenvalue weighted by atomic mass is 16.5. The summed E-state index contributed by atoms with van der Waals surface area (Å²) >= 11 is 0. The minimum Gasteiger partial charge on any atom is -0.493 e. The van der Waals surface area contributed by atoms with Crippen LogP contribution in [0.2, 0.25) is 0 Å². The molecule has 2 N–H and O–H groups in total. The molecule has 0 saturated heterocycles. The minimum atomic E-state index is -1.01. The largest absolute Gasteiger partial charge is 0.493 e. The summed E-state index contributed by atoms with van der Waals surface area (Å²) < 4.78 is 5.67. The van der Waals surface area contributed by atoms with Gasteiger partial charge in [-0.05, 0) is 30.2 Å². The second-order valence-corrected chi connectivity index (χ2v) is 4.86. The van der Waals surface area contributed by atoms with Gasteiger partial charge in [0.15, 0.2) is 0 Å². The molecular formula is C17H18N2O. The molecule has 0 spiro atoms. The number of aryl methyl sites for hydroxylation is 1. The van der Waals surface area contributed by atoms with E-state index in [0.717, 1.165) is 16.9 Å². The molecule has 20 heavy (non-hydrogen) atoms. The molecule has 2 aromatic rings. The van der Waals surface area contributed by atoms with Crippen LogP contribution in [0, 0.1) is 18.3 Å². The average Bonchev–Trinajstić information content (AvgIpc) is 2.48. The monoisotopic (exact) mass is 266 g/mol. The SMILES string of the molecule is Cc1cccc(OCCC(N)(C#N)c2ccccc2)c1. The third-order valence-electron chi connectivity index (χ3n) is 3.24. The van der Waals surface area contributed by atoms with Crippen molar-refractivity contribution in [2.75, 3.05) is 6.61 Å². The molecule has 3 nitrogen and oxygen atoms in total. The molecule has 0 amide bonds. The molecule has 0 saturated carbocycles. The number of hydrogen-bond acceptors (Lipinski definition) is 3. The van der Waals surface area contributed by atoms with Crippen LogP contribution in [-0.2, 0) is 5.54 Å². The summed E-state index contributed by atoms with van der Waals surface area (Å²) in [4.78, 5) is 0. The molecule has 0 aliphatic carbocycles. The number of benzene rings is 2. The summed E-state index contributed by atoms with van der Waals surface area (Å²) in [6, 6.07) is 19.4. The first-order chi connectivity index (χ1) is 9.64. The smallest absolute Gasteiger partial charge is 0.133 e. The second kappa shape index (κ2) is 6.23. The minimum absolute atomic E-state index is 0.405. The number of ether oxygens (including phenoxy) is 1. The lowest BCUT2D eigenvalue weighted by Gasteiger charge is -2.22. The number of nitrogens with two attached hydrogens (primary N) is 1. The van der Waals surface area contributed by atoms with Crippen molar-refractivity contribution < 1.29 is 4.74 Å². The zero-order valence-electron chi connectivity index (χ0n) is 11.5. The second-order valence-electron chi connectivity index (χ2n) is 4.86. The Balaban J connectivity index is 2.00. The summed E-state index contributed by atoms with van der Waals surface area (Å²) in [6.45, 7) is 2.42. The number of nitrogens with zero attached hydrogens (tertiary/aromatic N) is 1. The Labute approximate surface area is 119 Å². The summed E-state index contributed by atoms with van der Waals surface area (Å²) in [5.41, 5.74) is 7.12. The van der Waals surface area contributed by atoms with E-state index in [-0.39, 0.29) is 0 Å². The van der Waals surface area contributed by atoms with Crippen molar-refractivity contribution in [3.8, 4) is 11.8 Å². The van der Waals surface area contributed by atoms with Gasteiger partial charge in [-0.25, -0.2) is 0 Å². The maximum Gasteiger partial charge on any atom is 0.133 e. The highest BCUT2D eigenvalue weighted by Gasteiger charge is 2.26. The van der Waals surface area contributed by atoms with Gasteiger partial charge < -0.3 is 10.5 Å². The molecule has 0 bridgehead atoms. The maximum absolute atomic E-state index is 9.35. The number of hydrogen-bond donors (Lipinski definition) is 1. The zero-order valence-corrected chi connectivity index (χ0v) is 11.5. The summed E-state index contributed by atoms with van der Waals surface area (Å²) in [7, 11) is 0. The normalized spacial score (nSPS) is 13.2. The standard InChI is InChI=1S/C17H18N2O/c1-14-6-5-9-16(12-14)20-11-10-17(19,13-18)15-7-3-2-4-8-15/h2-9,12H,10-11,19H2,1H3. The fourth-order valence-electron chi connectivity index (χ4n) is 2.04. The fourth-order valence-corrected chi connectivity index (χ4v) is 2.04. The Morgan fingerprint density at radius 2 is 1.90 bits per heavy atom. The molecule has 0 aromatic heterocycles. The summed E-state index contributed by atoms with van der Waals surface area (Å²) in [5, 5.41) is 9.35. The van der Waals surface area contributed by atoms with Gasteiger partial charge >= 0.3 is 0 Å². The van der Waals surface area contributed by atoms with Crippen LogP contribution >= 0.6 is 0 Å². The lowest BCUT2D eigenvalue weighted by atomic mass is 9.89. The van der Waals surface area contributed by atoms with Gasteiger partial charge in [-0.15, -0.1) is 0 Å². The van der Waals surface area contributed by atoms with E-state index in [1.807, 2.05) is 61.5 Å². The van der Waals surface area contributed by atoms with E-state index in [9.17, 15) is 5.26 Å². The fraction of sp³-hybridized carbons (Fsp3) is 0.235. The van der Waals surface area contributed by atoms with Gasteiger partial charge in [-0.3, -0.25) is 0 Å². The molecule has 1 unspecified atom stereocenters. The van der Waals surface area contributed by atoms with E-state index in [4.69, 9.17) is 10.5 Å². The first-order valence-electron chi connectivity index (χ1n) is 6.59. The molecule has 2 aromatic carbocycles. The zero-order chi connectivity index (χ0) is 14.4. The highest BCUT2D eigenvalue weighted by Crippen LogP contribution is 2.22. The maximum atomic E-state index is 9.35. The molecular weight excluding hydrogens is 248 g/mol. The van der Waals surface area contributed by atoms with Gasteiger partial charge in [0.2, 0.25) is 0 Å². The Hall–Kier alpha value is -2.31. The van der Waals surface area contributed by atoms with Crippen molar-refractivity contribution in [1.82, 2.24) is 0 Å². The average molecular weight is 266 g/mol. The van der Waals surface area contributed by atoms with Crippen LogP contribution in [0.5, 0.6) is 5.75 Å². The lowest BCUT2D eigenvalue weighted by molar-refractivity contribution is 0.281. The van der Waals surface area contributed by atoms with E-state index in [0.29, 0.717) is 13.0 Å². The van der Waals surface area contributed by atoms with E-state index < -0.39 is 5.54 Å². The third kappa shape index (κ3) is 3.37. The summed E-state index contributed by atoms with van der Waals surface area (Å²) in [5.74, 6) is 0.804. The van der Waals surface area contributed by atoms with Gasteiger partial charge in [0, 0.05) is 6.42 Å². The molecule has 2 rings (SSSR count). The van der Waals surface area contributed by atoms with Gasteiger partial charge in [-0.1, -0.05) is 42.5 Å². The Kier molecular flexibility index (Phi) is 4.39. The Morgan fingerprint density at radius 1 is 1.15 bits per heavy atom. The van der Waals surface area contributed by atoms with E-state index >= 15 is 0 Å². The lowest BCUT2D eigenvalue weighted by Crippen LogP contribution is -2.36. The highest BCUT2D eigenvalue weighted by molar-refractivity contribution is 5.31. The van der Waals surface area contributed by atoms with Crippen LogP contribution in [0.15, 0.2) is 54.6 Å². The molecule has 3 heteroatoms. The molecule has 0 fully saturated rings. The number of nitriles is 1. The van der Waals surface area contributed by atoms with Crippen LogP contribution in [0.25, 0.3) is 0 Å². The van der Waals surface area contributed by atoms with Gasteiger partial charge in [-0.2, -0.15) is 5.26 Å². The van der Waals surface area contributed by atoms with Crippen molar-refractivity contribution in [3.05, 3.63) is 65.7 Å². The quantitative estimate of drug-likeness (QED) is 0.904. The first-order valence-corrected chi connectivity index (χ1v) is 6.59. The Bertz CT molecular complexity index is 604. The van der Waals surface area contributed by atoms with Crippen LogP contribution in [0.3, 0.4) is 0 Å². The van der Waals surface area contributed by atoms with E-state index in [1.54, 1.807) is 0 Å². The van der Waals surface area contributed by atoms with E-state index in [2.05, 4.69) is 6.07 Å². The van der Waals surface area contributed by atoms with Crippen molar-refractivity contribution in [2.45, 2.75) is 18.9 Å². The predicted molar refractivity (Wildman–Crippen MR) is 79.2 cm³/mol. The first kappa shape index (κ1) is 14.1. The van der Waals surface area contributed by atoms with E-state index in [1.165, 1.54) is 0 Å². The van der Waals surface area contributed by atoms with Gasteiger partial charge in [0.1, 0.15) is 11.3 Å². The van der Waals surface area contributed by atoms with Crippen molar-refractivity contribution >= 4 is 0 Å². The van der Waals surface area contributed by atoms with Gasteiger partial charge in [0.25, 0.3) is 0 Å². The topological polar surface area (TPSA) is 59.0 Å². The third-order valence-corrected chi connectivity index (χ3v) is 3.24. The predicted octanol–water partition coefficient (Wildman–Crippen LogP) is 3.14. The van der Waals surface area contributed by atoms with Crippen LogP contribution < -0.4 is 10.5 Å². The molecule has 1 atom stereocenters. The molecule has 0 aliphatic rings. The van der Waals surface area contributed by atoms with Gasteiger partial charge in [0.05, 0.1) is 12.7 Å². The summed E-state index contributed by atoms with van der Waals surface area (Å²) in [6.07, 6.45) is 0.446. The van der Waals surface area contributed by atoms with Crippen LogP contribution in [0.4, 0.5) is 0 Å². The molecule has 0 radical (unpaired) electrons. The molecule has 102 valence electrons. The molecule has 0 aliphatic heterocycles. The van der Waals surface area contributed by atoms with Crippen molar-refractivity contribution in [1.29, 1.82) is 5.26 Å².